The van der Waals surface area contributed by atoms with E-state index >= 15 is 0 Å². The number of aliphatic carboxylic acids is 1. The van der Waals surface area contributed by atoms with Crippen LogP contribution in [0, 0.1) is 0 Å². The molecule has 29 heavy (non-hydrogen) atoms. The molecule has 3 aromatic carbocycles. The molecule has 1 N–H and O–H groups in total. The maximum Gasteiger partial charge on any atom is 0.321 e. The van der Waals surface area contributed by atoms with Crippen molar-refractivity contribution in [3.05, 3.63) is 90.0 Å². The van der Waals surface area contributed by atoms with Crippen molar-refractivity contribution in [2.45, 2.75) is 19.1 Å². The second-order valence-electron chi connectivity index (χ2n) is 7.10. The van der Waals surface area contributed by atoms with Crippen molar-refractivity contribution in [2.24, 2.45) is 0 Å². The van der Waals surface area contributed by atoms with E-state index in [2.05, 4.69) is 0 Å². The minimum absolute atomic E-state index is 0.470. The third-order valence-corrected chi connectivity index (χ3v) is 8.07. The summed E-state index contributed by atoms with van der Waals surface area (Å²) in [5.74, 6) is -1.06. The molecule has 2 atom stereocenters. The molecule has 0 spiro atoms. The van der Waals surface area contributed by atoms with Crippen molar-refractivity contribution in [3.63, 3.8) is 0 Å². The van der Waals surface area contributed by atoms with E-state index in [1.165, 1.54) is 11.6 Å². The van der Waals surface area contributed by atoms with Gasteiger partial charge in [-0.15, -0.1) is 0 Å². The second kappa shape index (κ2) is 7.60. The summed E-state index contributed by atoms with van der Waals surface area (Å²) in [5.41, 5.74) is 3.95. The molecule has 1 aliphatic rings. The number of likely N-dealkylation sites (N-methyl/N-ethyl adjacent to an activating group) is 1. The van der Waals surface area contributed by atoms with Gasteiger partial charge in [-0.25, -0.2) is 4.67 Å². The Morgan fingerprint density at radius 3 is 1.93 bits per heavy atom. The highest BCUT2D eigenvalue weighted by Gasteiger charge is 2.42. The number of carbonyl (C=O) groups is 1. The third kappa shape index (κ3) is 3.32. The molecule has 0 amide bonds. The lowest BCUT2D eigenvalue weighted by molar-refractivity contribution is -0.140. The number of rotatable bonds is 6. The monoisotopic (exact) mass is 407 g/mol. The second-order valence-corrected chi connectivity index (χ2v) is 9.50. The van der Waals surface area contributed by atoms with Gasteiger partial charge in [0, 0.05) is 0 Å². The first-order chi connectivity index (χ1) is 13.9. The molecule has 0 unspecified atom stereocenters. The van der Waals surface area contributed by atoms with Gasteiger partial charge >= 0.3 is 13.5 Å². The van der Waals surface area contributed by atoms with Gasteiger partial charge in [-0.2, -0.15) is 0 Å². The largest absolute Gasteiger partial charge is 0.480 e. The molecular formula is C23H22NO4P. The fourth-order valence-corrected chi connectivity index (χ4v) is 5.94. The Kier molecular flexibility index (Phi) is 5.13. The van der Waals surface area contributed by atoms with E-state index in [1.54, 1.807) is 31.3 Å². The highest BCUT2D eigenvalue weighted by Crippen LogP contribution is 2.58. The normalized spacial score (nSPS) is 16.1. The van der Waals surface area contributed by atoms with Crippen LogP contribution in [-0.4, -0.2) is 28.8 Å². The molecule has 6 heteroatoms. The van der Waals surface area contributed by atoms with Crippen LogP contribution in [0.4, 0.5) is 0 Å². The zero-order valence-electron chi connectivity index (χ0n) is 16.2. The summed E-state index contributed by atoms with van der Waals surface area (Å²) in [7, 11) is -2.14. The van der Waals surface area contributed by atoms with Crippen LogP contribution in [0.2, 0.25) is 0 Å². The number of nitrogens with zero attached hydrogens (tertiary/aromatic N) is 1. The first-order valence-corrected chi connectivity index (χ1v) is 11.0. The van der Waals surface area contributed by atoms with Gasteiger partial charge in [-0.3, -0.25) is 9.36 Å². The molecule has 4 rings (SSSR count). The Bertz CT molecular complexity index is 1050. The smallest absolute Gasteiger partial charge is 0.321 e. The molecule has 0 radical (unpaired) electrons. The van der Waals surface area contributed by atoms with Crippen molar-refractivity contribution in [1.82, 2.24) is 4.67 Å². The van der Waals surface area contributed by atoms with Gasteiger partial charge in [0.2, 0.25) is 0 Å². The van der Waals surface area contributed by atoms with Gasteiger partial charge in [0.1, 0.15) is 12.1 Å². The molecular weight excluding hydrogens is 385 g/mol. The quantitative estimate of drug-likeness (QED) is 0.600. The first kappa shape index (κ1) is 19.6. The zero-order chi connectivity index (χ0) is 20.6. The van der Waals surface area contributed by atoms with Crippen LogP contribution >= 0.6 is 7.52 Å². The predicted molar refractivity (Wildman–Crippen MR) is 113 cm³/mol. The first-order valence-electron chi connectivity index (χ1n) is 9.42. The molecule has 0 saturated heterocycles. The van der Waals surface area contributed by atoms with Gasteiger partial charge in [0.15, 0.2) is 0 Å². The van der Waals surface area contributed by atoms with E-state index in [-0.39, 0.29) is 0 Å². The third-order valence-electron chi connectivity index (χ3n) is 5.44. The van der Waals surface area contributed by atoms with E-state index in [4.69, 9.17) is 4.52 Å². The number of carboxylic acids is 1. The van der Waals surface area contributed by atoms with E-state index in [0.717, 1.165) is 22.3 Å². The van der Waals surface area contributed by atoms with Crippen molar-refractivity contribution in [3.8, 4) is 11.1 Å². The Hall–Kier alpha value is -2.72. The van der Waals surface area contributed by atoms with Crippen LogP contribution in [-0.2, 0) is 13.9 Å². The number of fused-ring (bicyclic) bond motifs is 3. The van der Waals surface area contributed by atoms with Crippen LogP contribution in [0.5, 0.6) is 0 Å². The fourth-order valence-electron chi connectivity index (χ4n) is 3.69. The summed E-state index contributed by atoms with van der Waals surface area (Å²) in [6.45, 7) is 1.51. The average Bonchev–Trinajstić information content (AvgIpc) is 3.07. The van der Waals surface area contributed by atoms with E-state index in [1.807, 2.05) is 54.6 Å². The molecule has 0 aliphatic heterocycles. The number of carboxylic acid groups (broad SMARTS) is 1. The standard InChI is InChI=1S/C23H22NO4P/c1-16(23(25)26)24(2)29(27,17-10-4-3-5-11-17)28-22-20-14-8-6-12-18(20)19-13-7-9-15-21(19)22/h3-16,22H,1-2H3,(H,25,26)/t16-,29-/m0/s1. The minimum Gasteiger partial charge on any atom is -0.480 e. The number of benzene rings is 3. The van der Waals surface area contributed by atoms with Crippen molar-refractivity contribution in [2.75, 3.05) is 7.05 Å². The highest BCUT2D eigenvalue weighted by atomic mass is 31.2. The lowest BCUT2D eigenvalue weighted by Crippen LogP contribution is -2.37. The topological polar surface area (TPSA) is 66.8 Å². The molecule has 0 aromatic heterocycles. The Morgan fingerprint density at radius 2 is 1.41 bits per heavy atom. The maximum atomic E-state index is 14.3. The summed E-state index contributed by atoms with van der Waals surface area (Å²) in [6, 6.07) is 23.6. The maximum absolute atomic E-state index is 14.3. The minimum atomic E-state index is -3.68. The van der Waals surface area contributed by atoms with Crippen LogP contribution in [0.3, 0.4) is 0 Å². The van der Waals surface area contributed by atoms with E-state index < -0.39 is 25.6 Å². The highest BCUT2D eigenvalue weighted by molar-refractivity contribution is 7.64. The van der Waals surface area contributed by atoms with Crippen LogP contribution in [0.15, 0.2) is 78.9 Å². The van der Waals surface area contributed by atoms with Crippen molar-refractivity contribution in [1.29, 1.82) is 0 Å². The van der Waals surface area contributed by atoms with Gasteiger partial charge in [-0.1, -0.05) is 66.7 Å². The number of hydrogen-bond acceptors (Lipinski definition) is 3. The SMILES string of the molecule is C[C@@H](C(=O)O)N(C)[P@@](=O)(OC1c2ccccc2-c2ccccc21)c1ccccc1. The molecule has 3 aromatic rings. The van der Waals surface area contributed by atoms with Crippen LogP contribution in [0.25, 0.3) is 11.1 Å². The van der Waals surface area contributed by atoms with Gasteiger partial charge < -0.3 is 9.63 Å². The van der Waals surface area contributed by atoms with Gasteiger partial charge in [0.05, 0.1) is 5.30 Å². The molecule has 5 nitrogen and oxygen atoms in total. The number of hydrogen-bond donors (Lipinski definition) is 1. The molecule has 0 bridgehead atoms. The lowest BCUT2D eigenvalue weighted by atomic mass is 10.1. The summed E-state index contributed by atoms with van der Waals surface area (Å²) in [5, 5.41) is 9.99. The fraction of sp³-hybridized carbons (Fsp3) is 0.174. The average molecular weight is 407 g/mol. The van der Waals surface area contributed by atoms with Crippen molar-refractivity contribution < 1.29 is 19.0 Å². The van der Waals surface area contributed by atoms with Gasteiger partial charge in [0.25, 0.3) is 0 Å². The molecule has 1 aliphatic carbocycles. The van der Waals surface area contributed by atoms with E-state index in [9.17, 15) is 14.5 Å². The lowest BCUT2D eigenvalue weighted by Gasteiger charge is -2.33. The molecule has 0 fully saturated rings. The summed E-state index contributed by atoms with van der Waals surface area (Å²) < 4.78 is 22.0. The summed E-state index contributed by atoms with van der Waals surface area (Å²) in [6.07, 6.45) is -0.545. The summed E-state index contributed by atoms with van der Waals surface area (Å²) in [4.78, 5) is 11.6. The summed E-state index contributed by atoms with van der Waals surface area (Å²) >= 11 is 0. The zero-order valence-corrected chi connectivity index (χ0v) is 17.1. The Labute approximate surface area is 170 Å². The van der Waals surface area contributed by atoms with Crippen LogP contribution < -0.4 is 5.30 Å². The van der Waals surface area contributed by atoms with Crippen LogP contribution in [0.1, 0.15) is 24.2 Å². The van der Waals surface area contributed by atoms with E-state index in [0.29, 0.717) is 5.30 Å². The molecule has 148 valence electrons. The predicted octanol–water partition coefficient (Wildman–Crippen LogP) is 4.70. The molecule has 0 saturated carbocycles. The Morgan fingerprint density at radius 1 is 0.931 bits per heavy atom. The van der Waals surface area contributed by atoms with Crippen molar-refractivity contribution >= 4 is 18.8 Å². The van der Waals surface area contributed by atoms with Gasteiger partial charge in [-0.05, 0) is 48.4 Å². The Balaban J connectivity index is 1.84. The molecule has 0 heterocycles.